The van der Waals surface area contributed by atoms with E-state index >= 15 is 0 Å². The minimum Gasteiger partial charge on any atom is -0.484 e. The molecule has 0 saturated carbocycles. The van der Waals surface area contributed by atoms with E-state index in [1.807, 2.05) is 61.5 Å². The summed E-state index contributed by atoms with van der Waals surface area (Å²) in [5.41, 5.74) is 3.59. The summed E-state index contributed by atoms with van der Waals surface area (Å²) in [4.78, 5) is 28.3. The molecule has 0 spiro atoms. The average Bonchev–Trinajstić information content (AvgIpc) is 3.20. The number of thiazole rings is 1. The molecule has 7 nitrogen and oxygen atoms in total. The first-order valence-electron chi connectivity index (χ1n) is 9.80. The number of hydrogen-bond donors (Lipinski definition) is 1. The molecule has 0 saturated heterocycles. The number of nitrogens with zero attached hydrogens (tertiary/aromatic N) is 2. The van der Waals surface area contributed by atoms with E-state index in [0.717, 1.165) is 26.7 Å². The number of benzene rings is 3. The zero-order valence-corrected chi connectivity index (χ0v) is 18.0. The fourth-order valence-corrected chi connectivity index (χ4v) is 4.03. The van der Waals surface area contributed by atoms with Gasteiger partial charge in [0.25, 0.3) is 11.6 Å². The van der Waals surface area contributed by atoms with Gasteiger partial charge < -0.3 is 10.1 Å². The lowest BCUT2D eigenvalue weighted by atomic mass is 10.1. The molecule has 1 heterocycles. The highest BCUT2D eigenvalue weighted by Gasteiger charge is 2.12. The first kappa shape index (κ1) is 21.2. The van der Waals surface area contributed by atoms with Crippen LogP contribution in [0.4, 0.5) is 11.4 Å². The molecule has 32 heavy (non-hydrogen) atoms. The van der Waals surface area contributed by atoms with Crippen molar-refractivity contribution in [3.63, 3.8) is 0 Å². The van der Waals surface area contributed by atoms with E-state index < -0.39 is 4.92 Å². The Kier molecular flexibility index (Phi) is 6.23. The van der Waals surface area contributed by atoms with Crippen LogP contribution in [0.1, 0.15) is 4.88 Å². The summed E-state index contributed by atoms with van der Waals surface area (Å²) >= 11 is 1.65. The second-order valence-corrected chi connectivity index (χ2v) is 8.16. The highest BCUT2D eigenvalue weighted by atomic mass is 32.1. The van der Waals surface area contributed by atoms with Gasteiger partial charge in [-0.25, -0.2) is 4.98 Å². The number of carbonyl (C=O) groups is 1. The maximum atomic E-state index is 12.2. The third kappa shape index (κ3) is 4.98. The van der Waals surface area contributed by atoms with Crippen LogP contribution in [0, 0.1) is 17.0 Å². The first-order valence-corrected chi connectivity index (χ1v) is 10.6. The van der Waals surface area contributed by atoms with Gasteiger partial charge in [0.1, 0.15) is 10.8 Å². The van der Waals surface area contributed by atoms with Gasteiger partial charge >= 0.3 is 0 Å². The van der Waals surface area contributed by atoms with E-state index in [0.29, 0.717) is 11.4 Å². The van der Waals surface area contributed by atoms with Gasteiger partial charge in [-0.1, -0.05) is 42.5 Å². The molecule has 3 aromatic carbocycles. The number of amides is 1. The van der Waals surface area contributed by atoms with Crippen LogP contribution in [-0.4, -0.2) is 22.4 Å². The summed E-state index contributed by atoms with van der Waals surface area (Å²) in [7, 11) is 0. The number of aromatic nitrogens is 1. The van der Waals surface area contributed by atoms with Gasteiger partial charge in [0, 0.05) is 33.8 Å². The molecule has 0 aliphatic carbocycles. The molecular weight excluding hydrogens is 426 g/mol. The van der Waals surface area contributed by atoms with E-state index in [9.17, 15) is 14.9 Å². The van der Waals surface area contributed by atoms with Gasteiger partial charge in [-0.3, -0.25) is 14.9 Å². The number of ether oxygens (including phenoxy) is 1. The normalized spacial score (nSPS) is 10.5. The largest absolute Gasteiger partial charge is 0.484 e. The van der Waals surface area contributed by atoms with Crippen LogP contribution in [0.5, 0.6) is 5.75 Å². The molecule has 0 atom stereocenters. The smallest absolute Gasteiger partial charge is 0.269 e. The van der Waals surface area contributed by atoms with Gasteiger partial charge in [-0.15, -0.1) is 11.3 Å². The molecule has 8 heteroatoms. The fourth-order valence-electron chi connectivity index (χ4n) is 3.09. The Morgan fingerprint density at radius 3 is 2.34 bits per heavy atom. The molecule has 0 fully saturated rings. The van der Waals surface area contributed by atoms with Crippen LogP contribution < -0.4 is 10.1 Å². The lowest BCUT2D eigenvalue weighted by molar-refractivity contribution is -0.384. The summed E-state index contributed by atoms with van der Waals surface area (Å²) in [6.45, 7) is 1.84. The van der Waals surface area contributed by atoms with Crippen molar-refractivity contribution in [3.8, 4) is 27.6 Å². The van der Waals surface area contributed by atoms with Crippen molar-refractivity contribution in [3.05, 3.63) is 93.9 Å². The highest BCUT2D eigenvalue weighted by molar-refractivity contribution is 7.15. The second-order valence-electron chi connectivity index (χ2n) is 6.96. The standard InChI is InChI=1S/C24H19N3O4S/c1-16-23(26-24(32-16)18-5-3-2-4-6-18)17-7-9-19(10-8-17)25-22(28)15-31-21-13-11-20(12-14-21)27(29)30/h2-14H,15H2,1H3,(H,25,28). The van der Waals surface area contributed by atoms with Crippen molar-refractivity contribution in [1.82, 2.24) is 4.98 Å². The van der Waals surface area contributed by atoms with Crippen LogP contribution in [-0.2, 0) is 4.79 Å². The Morgan fingerprint density at radius 2 is 1.69 bits per heavy atom. The Bertz CT molecular complexity index is 1240. The lowest BCUT2D eigenvalue weighted by Crippen LogP contribution is -2.20. The molecule has 0 bridgehead atoms. The van der Waals surface area contributed by atoms with Gasteiger partial charge in [-0.05, 0) is 31.2 Å². The number of anilines is 1. The van der Waals surface area contributed by atoms with Crippen molar-refractivity contribution in [2.45, 2.75) is 6.92 Å². The average molecular weight is 446 g/mol. The number of nitro benzene ring substituents is 1. The third-order valence-corrected chi connectivity index (χ3v) is 5.70. The summed E-state index contributed by atoms with van der Waals surface area (Å²) in [6, 6.07) is 23.1. The number of carbonyl (C=O) groups excluding carboxylic acids is 1. The molecule has 160 valence electrons. The van der Waals surface area contributed by atoms with E-state index in [-0.39, 0.29) is 18.2 Å². The van der Waals surface area contributed by atoms with Gasteiger partial charge in [0.15, 0.2) is 6.61 Å². The number of hydrogen-bond acceptors (Lipinski definition) is 6. The molecule has 4 aromatic rings. The maximum Gasteiger partial charge on any atom is 0.269 e. The maximum absolute atomic E-state index is 12.2. The van der Waals surface area contributed by atoms with Crippen LogP contribution in [0.15, 0.2) is 78.9 Å². The molecule has 1 N–H and O–H groups in total. The molecular formula is C24H19N3O4S. The lowest BCUT2D eigenvalue weighted by Gasteiger charge is -2.08. The third-order valence-electron chi connectivity index (χ3n) is 4.68. The van der Waals surface area contributed by atoms with E-state index in [2.05, 4.69) is 5.32 Å². The van der Waals surface area contributed by atoms with E-state index in [1.54, 1.807) is 11.3 Å². The molecule has 0 radical (unpaired) electrons. The topological polar surface area (TPSA) is 94.4 Å². The van der Waals surface area contributed by atoms with Crippen molar-refractivity contribution < 1.29 is 14.5 Å². The number of nitrogens with one attached hydrogen (secondary N) is 1. The van der Waals surface area contributed by atoms with Gasteiger partial charge in [0.2, 0.25) is 0 Å². The number of non-ortho nitro benzene ring substituents is 1. The number of aryl methyl sites for hydroxylation is 1. The number of nitro groups is 1. The van der Waals surface area contributed by atoms with Crippen LogP contribution in [0.2, 0.25) is 0 Å². The zero-order chi connectivity index (χ0) is 22.5. The predicted molar refractivity (Wildman–Crippen MR) is 125 cm³/mol. The van der Waals surface area contributed by atoms with Gasteiger partial charge in [-0.2, -0.15) is 0 Å². The van der Waals surface area contributed by atoms with Gasteiger partial charge in [0.05, 0.1) is 10.6 Å². The fraction of sp³-hybridized carbons (Fsp3) is 0.0833. The van der Waals surface area contributed by atoms with Crippen molar-refractivity contribution in [1.29, 1.82) is 0 Å². The zero-order valence-electron chi connectivity index (χ0n) is 17.1. The Labute approximate surface area is 188 Å². The summed E-state index contributed by atoms with van der Waals surface area (Å²) in [5.74, 6) is 0.0571. The van der Waals surface area contributed by atoms with Crippen molar-refractivity contribution in [2.24, 2.45) is 0 Å². The summed E-state index contributed by atoms with van der Waals surface area (Å²) in [5, 5.41) is 14.4. The molecule has 4 rings (SSSR count). The Morgan fingerprint density at radius 1 is 1.00 bits per heavy atom. The minimum absolute atomic E-state index is 0.0341. The highest BCUT2D eigenvalue weighted by Crippen LogP contribution is 2.33. The second kappa shape index (κ2) is 9.40. The molecule has 0 aliphatic rings. The van der Waals surface area contributed by atoms with Crippen LogP contribution in [0.25, 0.3) is 21.8 Å². The first-order chi connectivity index (χ1) is 15.5. The Balaban J connectivity index is 1.37. The predicted octanol–water partition coefficient (Wildman–Crippen LogP) is 5.71. The van der Waals surface area contributed by atoms with E-state index in [4.69, 9.17) is 9.72 Å². The summed E-state index contributed by atoms with van der Waals surface area (Å²) in [6.07, 6.45) is 0. The van der Waals surface area contributed by atoms with Crippen LogP contribution >= 0.6 is 11.3 Å². The number of rotatable bonds is 7. The molecule has 1 aromatic heterocycles. The molecule has 0 aliphatic heterocycles. The molecule has 1 amide bonds. The Hall–Kier alpha value is -4.04. The van der Waals surface area contributed by atoms with Crippen molar-refractivity contribution in [2.75, 3.05) is 11.9 Å². The minimum atomic E-state index is -0.490. The summed E-state index contributed by atoms with van der Waals surface area (Å²) < 4.78 is 5.39. The molecule has 0 unspecified atom stereocenters. The SMILES string of the molecule is Cc1sc(-c2ccccc2)nc1-c1ccc(NC(=O)COc2ccc([N+](=O)[O-])cc2)cc1. The monoisotopic (exact) mass is 445 g/mol. The quantitative estimate of drug-likeness (QED) is 0.290. The van der Waals surface area contributed by atoms with Crippen LogP contribution in [0.3, 0.4) is 0 Å². The van der Waals surface area contributed by atoms with E-state index in [1.165, 1.54) is 24.3 Å². The van der Waals surface area contributed by atoms with Crippen molar-refractivity contribution >= 4 is 28.6 Å².